The first-order valence-electron chi connectivity index (χ1n) is 19.1. The van der Waals surface area contributed by atoms with E-state index in [4.69, 9.17) is 15.5 Å². The minimum atomic E-state index is -0.832. The molecule has 262 valence electrons. The lowest BCUT2D eigenvalue weighted by Gasteiger charge is -2.39. The van der Waals surface area contributed by atoms with E-state index in [1.807, 2.05) is 42.5 Å². The van der Waals surface area contributed by atoms with Crippen molar-refractivity contribution in [3.05, 3.63) is 53.6 Å². The van der Waals surface area contributed by atoms with Crippen LogP contribution >= 0.6 is 0 Å². The maximum Gasteiger partial charge on any atom is 0.179 e. The molecule has 3 rings (SSSR count). The molecule has 1 aliphatic rings. The third-order valence-corrected chi connectivity index (χ3v) is 9.85. The molecule has 0 saturated heterocycles. The van der Waals surface area contributed by atoms with E-state index in [0.29, 0.717) is 17.9 Å². The summed E-state index contributed by atoms with van der Waals surface area (Å²) in [5.41, 5.74) is 9.87. The summed E-state index contributed by atoms with van der Waals surface area (Å²) in [6.45, 7) is 19.6. The summed E-state index contributed by atoms with van der Waals surface area (Å²) in [6.07, 6.45) is 14.1. The van der Waals surface area contributed by atoms with E-state index < -0.39 is 5.41 Å². The van der Waals surface area contributed by atoms with E-state index in [0.717, 1.165) is 100 Å². The van der Waals surface area contributed by atoms with Gasteiger partial charge in [-0.15, -0.1) is 0 Å². The van der Waals surface area contributed by atoms with E-state index in [-0.39, 0.29) is 11.8 Å². The number of nitrogen functional groups attached to an aromatic ring is 1. The Morgan fingerprint density at radius 3 is 1.91 bits per heavy atom. The largest absolute Gasteiger partial charge is 0.494 e. The number of hydrogen-bond acceptors (Lipinski definition) is 6. The van der Waals surface area contributed by atoms with Crippen LogP contribution < -0.4 is 10.5 Å². The minimum Gasteiger partial charge on any atom is -0.494 e. The van der Waals surface area contributed by atoms with Crippen LogP contribution in [0.25, 0.3) is 0 Å². The molecule has 47 heavy (non-hydrogen) atoms. The van der Waals surface area contributed by atoms with Crippen LogP contribution in [0.3, 0.4) is 0 Å². The standard InChI is InChI=1S/C41H66N4O2/c1-7-13-25-41(40(46)33-19-22-35(23-20-33)47-31-18-28-44(26-14-8-2)27-15-9-3)36-32-34(42)21-24-37(36)43-39(41)38(12-6)45(29-16-10-4)30-17-11-5/h19-24,32,38H,7-18,25-31,42H2,1-6H3. The van der Waals surface area contributed by atoms with Crippen LogP contribution in [-0.2, 0) is 5.41 Å². The van der Waals surface area contributed by atoms with Crippen molar-refractivity contribution < 1.29 is 9.53 Å². The van der Waals surface area contributed by atoms with Crippen molar-refractivity contribution in [1.29, 1.82) is 0 Å². The molecular formula is C41H66N4O2. The number of nitrogens with zero attached hydrogens (tertiary/aromatic N) is 3. The number of Topliss-reactive ketones (excluding diaryl/α,β-unsaturated/α-hetero) is 1. The highest BCUT2D eigenvalue weighted by Crippen LogP contribution is 2.48. The topological polar surface area (TPSA) is 71.2 Å². The number of ether oxygens (including phenoxy) is 1. The minimum absolute atomic E-state index is 0.0966. The molecule has 1 aliphatic heterocycles. The van der Waals surface area contributed by atoms with Gasteiger partial charge in [-0.25, -0.2) is 0 Å². The van der Waals surface area contributed by atoms with Crippen molar-refractivity contribution in [2.45, 2.75) is 136 Å². The van der Waals surface area contributed by atoms with Gasteiger partial charge in [-0.2, -0.15) is 0 Å². The first-order valence-corrected chi connectivity index (χ1v) is 19.1. The number of unbranched alkanes of at least 4 members (excludes halogenated alkanes) is 5. The second-order valence-corrected chi connectivity index (χ2v) is 13.6. The Hall–Kier alpha value is -2.70. The molecule has 0 radical (unpaired) electrons. The third kappa shape index (κ3) is 10.4. The van der Waals surface area contributed by atoms with Crippen molar-refractivity contribution in [2.75, 3.05) is 45.1 Å². The van der Waals surface area contributed by atoms with E-state index in [9.17, 15) is 0 Å². The zero-order valence-electron chi connectivity index (χ0n) is 30.8. The zero-order valence-corrected chi connectivity index (χ0v) is 30.8. The highest BCUT2D eigenvalue weighted by atomic mass is 16.5. The Bertz CT molecular complexity index is 1210. The molecule has 2 atom stereocenters. The highest BCUT2D eigenvalue weighted by Gasteiger charge is 2.52. The second kappa shape index (κ2) is 20.6. The normalized spacial score (nSPS) is 16.5. The van der Waals surface area contributed by atoms with E-state index >= 15 is 4.79 Å². The Balaban J connectivity index is 1.90. The molecule has 0 aliphatic carbocycles. The van der Waals surface area contributed by atoms with Crippen molar-refractivity contribution in [3.63, 3.8) is 0 Å². The number of rotatable bonds is 25. The van der Waals surface area contributed by atoms with Crippen LogP contribution in [0.2, 0.25) is 0 Å². The molecule has 2 aromatic carbocycles. The van der Waals surface area contributed by atoms with Gasteiger partial charge in [-0.05, 0) is 119 Å². The summed E-state index contributed by atoms with van der Waals surface area (Å²) in [5.74, 6) is 0.951. The highest BCUT2D eigenvalue weighted by molar-refractivity contribution is 6.25. The Morgan fingerprint density at radius 1 is 0.766 bits per heavy atom. The Morgan fingerprint density at radius 2 is 1.34 bits per heavy atom. The summed E-state index contributed by atoms with van der Waals surface area (Å²) >= 11 is 0. The van der Waals surface area contributed by atoms with Gasteiger partial charge in [0.15, 0.2) is 5.78 Å². The van der Waals surface area contributed by atoms with Crippen LogP contribution in [0.4, 0.5) is 11.4 Å². The van der Waals surface area contributed by atoms with Gasteiger partial charge >= 0.3 is 0 Å². The average Bonchev–Trinajstić information content (AvgIpc) is 3.41. The molecule has 6 heteroatoms. The Kier molecular flexibility index (Phi) is 17.0. The summed E-state index contributed by atoms with van der Waals surface area (Å²) in [6, 6.07) is 13.9. The molecule has 0 spiro atoms. The van der Waals surface area contributed by atoms with Gasteiger partial charge in [0.2, 0.25) is 0 Å². The molecule has 0 fully saturated rings. The Labute approximate surface area is 287 Å². The lowest BCUT2D eigenvalue weighted by molar-refractivity contribution is 0.0916. The number of anilines is 1. The molecule has 6 nitrogen and oxygen atoms in total. The molecule has 2 aromatic rings. The predicted molar refractivity (Wildman–Crippen MR) is 202 cm³/mol. The van der Waals surface area contributed by atoms with Crippen molar-refractivity contribution in [3.8, 4) is 5.75 Å². The van der Waals surface area contributed by atoms with Crippen LogP contribution in [-0.4, -0.2) is 66.7 Å². The quantitative estimate of drug-likeness (QED) is 0.0660. The number of carbonyl (C=O) groups is 1. The van der Waals surface area contributed by atoms with E-state index in [2.05, 4.69) is 51.3 Å². The van der Waals surface area contributed by atoms with Crippen LogP contribution in [0.1, 0.15) is 141 Å². The molecule has 2 N–H and O–H groups in total. The number of ketones is 1. The van der Waals surface area contributed by atoms with Gasteiger partial charge < -0.3 is 15.4 Å². The first-order chi connectivity index (χ1) is 22.9. The number of hydrogen-bond donors (Lipinski definition) is 1. The van der Waals surface area contributed by atoms with Crippen LogP contribution in [0.5, 0.6) is 5.75 Å². The number of benzene rings is 2. The van der Waals surface area contributed by atoms with Crippen LogP contribution in [0.15, 0.2) is 47.5 Å². The van der Waals surface area contributed by atoms with Crippen LogP contribution in [0, 0.1) is 0 Å². The van der Waals surface area contributed by atoms with Gasteiger partial charge in [0.05, 0.1) is 18.0 Å². The van der Waals surface area contributed by atoms with Gasteiger partial charge in [0.1, 0.15) is 11.2 Å². The fourth-order valence-corrected chi connectivity index (χ4v) is 7.07. The molecule has 1 heterocycles. The SMILES string of the molecule is CCCCN(CCCC)CCCOc1ccc(C(=O)C2(CCCC)C(C(CC)N(CCCC)CCCC)=Nc3ccc(N)cc32)cc1. The lowest BCUT2D eigenvalue weighted by Crippen LogP contribution is -2.53. The fraction of sp³-hybridized carbons (Fsp3) is 0.659. The number of aliphatic imine (C=N–C) groups is 1. The maximum absolute atomic E-state index is 15.1. The molecule has 0 saturated carbocycles. The third-order valence-electron chi connectivity index (χ3n) is 9.85. The maximum atomic E-state index is 15.1. The van der Waals surface area contributed by atoms with Crippen molar-refractivity contribution in [1.82, 2.24) is 9.80 Å². The van der Waals surface area contributed by atoms with Crippen molar-refractivity contribution >= 4 is 22.9 Å². The number of carbonyl (C=O) groups excluding carboxylic acids is 1. The summed E-state index contributed by atoms with van der Waals surface area (Å²) in [4.78, 5) is 25.6. The average molecular weight is 647 g/mol. The van der Waals surface area contributed by atoms with Crippen molar-refractivity contribution in [2.24, 2.45) is 4.99 Å². The monoisotopic (exact) mass is 647 g/mol. The van der Waals surface area contributed by atoms with Gasteiger partial charge in [0.25, 0.3) is 0 Å². The lowest BCUT2D eigenvalue weighted by atomic mass is 9.66. The zero-order chi connectivity index (χ0) is 34.1. The summed E-state index contributed by atoms with van der Waals surface area (Å²) in [5, 5.41) is 0. The van der Waals surface area contributed by atoms with E-state index in [1.165, 1.54) is 38.8 Å². The number of fused-ring (bicyclic) bond motifs is 1. The summed E-state index contributed by atoms with van der Waals surface area (Å²) < 4.78 is 6.19. The first kappa shape index (κ1) is 38.7. The molecular weight excluding hydrogens is 580 g/mol. The molecule has 0 amide bonds. The second-order valence-electron chi connectivity index (χ2n) is 13.6. The molecule has 2 unspecified atom stereocenters. The van der Waals surface area contributed by atoms with Gasteiger partial charge in [0, 0.05) is 23.8 Å². The van der Waals surface area contributed by atoms with E-state index in [1.54, 1.807) is 0 Å². The molecule has 0 aromatic heterocycles. The summed E-state index contributed by atoms with van der Waals surface area (Å²) in [7, 11) is 0. The van der Waals surface area contributed by atoms with Gasteiger partial charge in [-0.1, -0.05) is 80.1 Å². The molecule has 0 bridgehead atoms. The number of nitrogens with two attached hydrogens (primary N) is 1. The van der Waals surface area contributed by atoms with Gasteiger partial charge in [-0.3, -0.25) is 14.7 Å². The smallest absolute Gasteiger partial charge is 0.179 e. The fourth-order valence-electron chi connectivity index (χ4n) is 7.07. The predicted octanol–water partition coefficient (Wildman–Crippen LogP) is 10.0.